The third-order valence-electron chi connectivity index (χ3n) is 6.01. The van der Waals surface area contributed by atoms with Crippen LogP contribution in [0, 0.1) is 5.92 Å². The van der Waals surface area contributed by atoms with Crippen LogP contribution in [-0.4, -0.2) is 74.9 Å². The molecule has 0 saturated carbocycles. The van der Waals surface area contributed by atoms with Gasteiger partial charge < -0.3 is 19.7 Å². The number of carbonyl (C=O) groups excluding carboxylic acids is 2. The number of rotatable bonds is 6. The lowest BCUT2D eigenvalue weighted by atomic mass is 9.94. The summed E-state index contributed by atoms with van der Waals surface area (Å²) in [5, 5.41) is 9.56. The second-order valence-electron chi connectivity index (χ2n) is 8.56. The summed E-state index contributed by atoms with van der Waals surface area (Å²) in [6.07, 6.45) is 2.85. The smallest absolute Gasteiger partial charge is 0.305 e. The maximum Gasteiger partial charge on any atom is 0.305 e. The zero-order valence-corrected chi connectivity index (χ0v) is 19.1. The number of carbonyl (C=O) groups is 2. The largest absolute Gasteiger partial charge is 0.493 e. The summed E-state index contributed by atoms with van der Waals surface area (Å²) in [4.78, 5) is 26.6. The third-order valence-corrected chi connectivity index (χ3v) is 6.01. The minimum Gasteiger partial charge on any atom is -0.493 e. The van der Waals surface area contributed by atoms with Crippen LogP contribution in [0.4, 0.5) is 5.69 Å². The molecule has 2 aromatic carbocycles. The minimum absolute atomic E-state index is 0.0657. The minimum atomic E-state index is -0.242. The molecule has 1 saturated heterocycles. The van der Waals surface area contributed by atoms with Crippen molar-refractivity contribution in [2.24, 2.45) is 11.0 Å². The average Bonchev–Trinajstić information content (AvgIpc) is 2.83. The first kappa shape index (κ1) is 22.8. The predicted octanol–water partition coefficient (Wildman–Crippen LogP) is 2.63. The van der Waals surface area contributed by atoms with Gasteiger partial charge in [0.15, 0.2) is 0 Å². The Morgan fingerprint density at radius 2 is 1.91 bits per heavy atom. The second-order valence-corrected chi connectivity index (χ2v) is 8.56. The van der Waals surface area contributed by atoms with E-state index in [-0.39, 0.29) is 17.8 Å². The molecule has 2 aliphatic heterocycles. The maximum atomic E-state index is 12.7. The van der Waals surface area contributed by atoms with E-state index in [1.165, 1.54) is 7.11 Å². The molecular formula is C25H30N4O4. The van der Waals surface area contributed by atoms with Gasteiger partial charge in [-0.3, -0.25) is 14.6 Å². The molecule has 33 heavy (non-hydrogen) atoms. The zero-order chi connectivity index (χ0) is 23.2. The van der Waals surface area contributed by atoms with Crippen molar-refractivity contribution in [1.82, 2.24) is 9.91 Å². The van der Waals surface area contributed by atoms with E-state index in [1.54, 1.807) is 12.1 Å². The number of likely N-dealkylation sites (N-methyl/N-ethyl adjacent to an activating group) is 1. The van der Waals surface area contributed by atoms with Crippen LogP contribution in [0.5, 0.6) is 5.75 Å². The quantitative estimate of drug-likeness (QED) is 0.538. The Morgan fingerprint density at radius 3 is 2.64 bits per heavy atom. The summed E-state index contributed by atoms with van der Waals surface area (Å²) in [5.41, 5.74) is 3.20. The number of nitrogens with one attached hydrogen (secondary N) is 1. The monoisotopic (exact) mass is 450 g/mol. The number of nitrogens with zero attached hydrogens (tertiary/aromatic N) is 3. The predicted molar refractivity (Wildman–Crippen MR) is 127 cm³/mol. The van der Waals surface area contributed by atoms with Crippen molar-refractivity contribution in [1.29, 1.82) is 0 Å². The van der Waals surface area contributed by atoms with E-state index in [9.17, 15) is 9.59 Å². The van der Waals surface area contributed by atoms with Gasteiger partial charge in [0.25, 0.3) is 5.91 Å². The molecule has 4 rings (SSSR count). The standard InChI is InChI=1S/C25H30N4O4/c1-28-9-11-29(12-10-28)26-16-18-3-5-20(6-4-18)25(31)27-22-7-8-23-21(15-22)13-19(17-33-23)14-24(30)32-2/h3-8,15-16,19H,9-14,17H2,1-2H3,(H,27,31). The average molecular weight is 451 g/mol. The summed E-state index contributed by atoms with van der Waals surface area (Å²) in [6, 6.07) is 13.0. The highest BCUT2D eigenvalue weighted by Gasteiger charge is 2.23. The molecule has 2 aromatic rings. The molecule has 0 aromatic heterocycles. The maximum absolute atomic E-state index is 12.7. The molecule has 2 aliphatic rings. The molecule has 8 heteroatoms. The van der Waals surface area contributed by atoms with Gasteiger partial charge in [0, 0.05) is 43.3 Å². The van der Waals surface area contributed by atoms with E-state index in [1.807, 2.05) is 36.5 Å². The molecule has 1 amide bonds. The van der Waals surface area contributed by atoms with Crippen LogP contribution in [0.3, 0.4) is 0 Å². The number of ether oxygens (including phenoxy) is 2. The van der Waals surface area contributed by atoms with E-state index in [0.717, 1.165) is 43.1 Å². The first-order chi connectivity index (χ1) is 16.0. The topological polar surface area (TPSA) is 83.5 Å². The number of piperazine rings is 1. The van der Waals surface area contributed by atoms with Crippen LogP contribution >= 0.6 is 0 Å². The summed E-state index contributed by atoms with van der Waals surface area (Å²) in [5.74, 6) is 0.433. The van der Waals surface area contributed by atoms with E-state index in [2.05, 4.69) is 27.4 Å². The van der Waals surface area contributed by atoms with Gasteiger partial charge in [-0.25, -0.2) is 0 Å². The summed E-state index contributed by atoms with van der Waals surface area (Å²) in [7, 11) is 3.51. The number of amides is 1. The molecule has 0 bridgehead atoms. The number of fused-ring (bicyclic) bond motifs is 1. The number of hydrogen-bond acceptors (Lipinski definition) is 7. The van der Waals surface area contributed by atoms with E-state index in [0.29, 0.717) is 30.7 Å². The van der Waals surface area contributed by atoms with Gasteiger partial charge in [0.1, 0.15) is 5.75 Å². The normalized spacial score (nSPS) is 18.5. The van der Waals surface area contributed by atoms with Gasteiger partial charge in [0.2, 0.25) is 0 Å². The van der Waals surface area contributed by atoms with Crippen molar-refractivity contribution >= 4 is 23.8 Å². The summed E-state index contributed by atoms with van der Waals surface area (Å²) < 4.78 is 10.5. The zero-order valence-electron chi connectivity index (χ0n) is 19.1. The molecule has 8 nitrogen and oxygen atoms in total. The molecule has 2 heterocycles. The van der Waals surface area contributed by atoms with Crippen LogP contribution in [0.2, 0.25) is 0 Å². The number of benzene rings is 2. The van der Waals surface area contributed by atoms with E-state index < -0.39 is 0 Å². The van der Waals surface area contributed by atoms with Crippen molar-refractivity contribution in [3.8, 4) is 5.75 Å². The number of anilines is 1. The van der Waals surface area contributed by atoms with Gasteiger partial charge in [-0.15, -0.1) is 0 Å². The van der Waals surface area contributed by atoms with Crippen molar-refractivity contribution in [2.75, 3.05) is 52.3 Å². The highest BCUT2D eigenvalue weighted by molar-refractivity contribution is 6.04. The van der Waals surface area contributed by atoms with Crippen LogP contribution in [0.25, 0.3) is 0 Å². The van der Waals surface area contributed by atoms with Crippen molar-refractivity contribution in [3.63, 3.8) is 0 Å². The van der Waals surface area contributed by atoms with Crippen molar-refractivity contribution in [2.45, 2.75) is 12.8 Å². The molecule has 0 radical (unpaired) electrons. The first-order valence-corrected chi connectivity index (χ1v) is 11.2. The number of esters is 1. The van der Waals surface area contributed by atoms with Crippen LogP contribution < -0.4 is 10.1 Å². The van der Waals surface area contributed by atoms with Gasteiger partial charge in [0.05, 0.1) is 26.4 Å². The highest BCUT2D eigenvalue weighted by atomic mass is 16.5. The van der Waals surface area contributed by atoms with Gasteiger partial charge in [-0.2, -0.15) is 5.10 Å². The number of hydrazone groups is 1. The SMILES string of the molecule is COC(=O)CC1COc2ccc(NC(=O)c3ccc(C=NN4CCN(C)CC4)cc3)cc2C1. The van der Waals surface area contributed by atoms with Crippen LogP contribution in [0.15, 0.2) is 47.6 Å². The molecule has 0 spiro atoms. The van der Waals surface area contributed by atoms with Gasteiger partial charge >= 0.3 is 5.97 Å². The van der Waals surface area contributed by atoms with Crippen molar-refractivity contribution < 1.29 is 19.1 Å². The lowest BCUT2D eigenvalue weighted by Crippen LogP contribution is -2.41. The van der Waals surface area contributed by atoms with Crippen LogP contribution in [-0.2, 0) is 16.0 Å². The van der Waals surface area contributed by atoms with Gasteiger partial charge in [-0.1, -0.05) is 12.1 Å². The van der Waals surface area contributed by atoms with Crippen molar-refractivity contribution in [3.05, 3.63) is 59.2 Å². The molecule has 1 unspecified atom stereocenters. The number of hydrogen-bond donors (Lipinski definition) is 1. The highest BCUT2D eigenvalue weighted by Crippen LogP contribution is 2.31. The Kier molecular flexibility index (Phi) is 7.24. The van der Waals surface area contributed by atoms with Crippen LogP contribution in [0.1, 0.15) is 27.9 Å². The third kappa shape index (κ3) is 6.10. The first-order valence-electron chi connectivity index (χ1n) is 11.2. The Hall–Kier alpha value is -3.39. The fraction of sp³-hybridized carbons (Fsp3) is 0.400. The molecule has 1 atom stereocenters. The Balaban J connectivity index is 1.34. The fourth-order valence-corrected chi connectivity index (χ4v) is 3.97. The van der Waals surface area contributed by atoms with E-state index >= 15 is 0 Å². The fourth-order valence-electron chi connectivity index (χ4n) is 3.97. The molecule has 1 fully saturated rings. The second kappa shape index (κ2) is 10.5. The molecule has 174 valence electrons. The summed E-state index contributed by atoms with van der Waals surface area (Å²) >= 11 is 0. The Labute approximate surface area is 194 Å². The van der Waals surface area contributed by atoms with Gasteiger partial charge in [-0.05, 0) is 54.9 Å². The lowest BCUT2D eigenvalue weighted by Gasteiger charge is -2.30. The Morgan fingerprint density at radius 1 is 1.15 bits per heavy atom. The van der Waals surface area contributed by atoms with E-state index in [4.69, 9.17) is 9.47 Å². The summed E-state index contributed by atoms with van der Waals surface area (Å²) in [6.45, 7) is 4.35. The molecular weight excluding hydrogens is 420 g/mol. The number of methoxy groups -OCH3 is 1. The lowest BCUT2D eigenvalue weighted by molar-refractivity contribution is -0.142. The molecule has 0 aliphatic carbocycles. The molecule has 1 N–H and O–H groups in total. The Bertz CT molecular complexity index is 1010.